The number of carbonyl (C=O) groups excluding carboxylic acids is 2. The zero-order valence-electron chi connectivity index (χ0n) is 19.5. The number of amides is 2. The lowest BCUT2D eigenvalue weighted by Crippen LogP contribution is -2.65. The van der Waals surface area contributed by atoms with Crippen LogP contribution in [0.5, 0.6) is 0 Å². The summed E-state index contributed by atoms with van der Waals surface area (Å²) in [6.07, 6.45) is 2.89. The van der Waals surface area contributed by atoms with Crippen LogP contribution in [0.4, 0.5) is 5.69 Å². The molecule has 3 rings (SSSR count). The number of anilines is 1. The summed E-state index contributed by atoms with van der Waals surface area (Å²) in [5, 5.41) is 7.17. The molecule has 0 aromatic heterocycles. The first-order valence-electron chi connectivity index (χ1n) is 11.3. The van der Waals surface area contributed by atoms with Crippen LogP contribution in [0.15, 0.2) is 24.3 Å². The number of ether oxygens (including phenoxy) is 1. The highest BCUT2D eigenvalue weighted by Crippen LogP contribution is 2.44. The van der Waals surface area contributed by atoms with E-state index in [0.29, 0.717) is 43.4 Å². The van der Waals surface area contributed by atoms with Crippen LogP contribution >= 0.6 is 24.2 Å². The minimum absolute atomic E-state index is 0.0513. The standard InChI is InChI=1S/C24H36ClN3O3S/c1-22(2)15-24(16-23(3,4)31-22,27-19-7-5-18(25)6-8-19)21(30)28-11-9-17(10-12-28)13-26-20(29)14-32/h5-8,17,27,32H,9-16H2,1-4H3,(H,26,29). The predicted molar refractivity (Wildman–Crippen MR) is 132 cm³/mol. The third-order valence-corrected chi connectivity index (χ3v) is 6.82. The molecule has 6 nitrogen and oxygen atoms in total. The highest BCUT2D eigenvalue weighted by Gasteiger charge is 2.54. The summed E-state index contributed by atoms with van der Waals surface area (Å²) in [5.74, 6) is 0.647. The normalized spacial score (nSPS) is 22.2. The molecule has 1 aromatic rings. The van der Waals surface area contributed by atoms with Crippen LogP contribution in [0.1, 0.15) is 53.4 Å². The molecule has 2 fully saturated rings. The van der Waals surface area contributed by atoms with Crippen molar-refractivity contribution in [3.05, 3.63) is 29.3 Å². The van der Waals surface area contributed by atoms with Gasteiger partial charge >= 0.3 is 0 Å². The van der Waals surface area contributed by atoms with Crippen LogP contribution in [0.3, 0.4) is 0 Å². The minimum Gasteiger partial charge on any atom is -0.371 e. The number of hydrogen-bond acceptors (Lipinski definition) is 5. The van der Waals surface area contributed by atoms with E-state index in [1.165, 1.54) is 0 Å². The summed E-state index contributed by atoms with van der Waals surface area (Å²) in [5.41, 5.74) is -0.800. The molecule has 32 heavy (non-hydrogen) atoms. The number of likely N-dealkylation sites (tertiary alicyclic amines) is 1. The molecule has 0 radical (unpaired) electrons. The van der Waals surface area contributed by atoms with Crippen molar-refractivity contribution in [3.63, 3.8) is 0 Å². The van der Waals surface area contributed by atoms with E-state index in [1.807, 2.05) is 29.2 Å². The smallest absolute Gasteiger partial charge is 0.248 e. The lowest BCUT2D eigenvalue weighted by Gasteiger charge is -2.53. The molecule has 8 heteroatoms. The predicted octanol–water partition coefficient (Wildman–Crippen LogP) is 4.14. The SMILES string of the molecule is CC1(C)CC(Nc2ccc(Cl)cc2)(C(=O)N2CCC(CNC(=O)CS)CC2)CC(C)(C)O1. The van der Waals surface area contributed by atoms with Gasteiger partial charge in [-0.05, 0) is 70.7 Å². The molecule has 0 spiro atoms. The Hall–Kier alpha value is -1.44. The Morgan fingerprint density at radius 1 is 1.09 bits per heavy atom. The lowest BCUT2D eigenvalue weighted by atomic mass is 9.73. The maximum atomic E-state index is 14.0. The third kappa shape index (κ3) is 6.33. The van der Waals surface area contributed by atoms with Crippen LogP contribution in [0.25, 0.3) is 0 Å². The fourth-order valence-electron chi connectivity index (χ4n) is 5.40. The summed E-state index contributed by atoms with van der Waals surface area (Å²) in [4.78, 5) is 27.5. The number of nitrogens with zero attached hydrogens (tertiary/aromatic N) is 1. The van der Waals surface area contributed by atoms with Gasteiger partial charge in [-0.2, -0.15) is 12.6 Å². The third-order valence-electron chi connectivity index (χ3n) is 6.28. The zero-order valence-corrected chi connectivity index (χ0v) is 21.2. The molecule has 2 heterocycles. The quantitative estimate of drug-likeness (QED) is 0.534. The van der Waals surface area contributed by atoms with E-state index in [2.05, 4.69) is 51.0 Å². The van der Waals surface area contributed by atoms with Gasteiger partial charge in [0.1, 0.15) is 5.54 Å². The monoisotopic (exact) mass is 481 g/mol. The fraction of sp³-hybridized carbons (Fsp3) is 0.667. The maximum absolute atomic E-state index is 14.0. The second-order valence-electron chi connectivity index (χ2n) is 10.4. The van der Waals surface area contributed by atoms with Crippen LogP contribution in [0, 0.1) is 5.92 Å². The van der Waals surface area contributed by atoms with Gasteiger partial charge in [0.2, 0.25) is 11.8 Å². The van der Waals surface area contributed by atoms with Crippen molar-refractivity contribution >= 4 is 41.7 Å². The first-order chi connectivity index (χ1) is 14.9. The van der Waals surface area contributed by atoms with E-state index < -0.39 is 16.7 Å². The van der Waals surface area contributed by atoms with Gasteiger partial charge < -0.3 is 20.3 Å². The molecule has 0 unspecified atom stereocenters. The van der Waals surface area contributed by atoms with Crippen molar-refractivity contribution in [2.24, 2.45) is 5.92 Å². The van der Waals surface area contributed by atoms with Crippen molar-refractivity contribution in [3.8, 4) is 0 Å². The molecule has 0 atom stereocenters. The molecule has 0 saturated carbocycles. The Morgan fingerprint density at radius 3 is 2.19 bits per heavy atom. The van der Waals surface area contributed by atoms with Crippen molar-refractivity contribution in [2.45, 2.75) is 70.1 Å². The number of rotatable bonds is 6. The molecule has 1 aromatic carbocycles. The summed E-state index contributed by atoms with van der Waals surface area (Å²) >= 11 is 10.1. The van der Waals surface area contributed by atoms with Gasteiger partial charge in [-0.1, -0.05) is 11.6 Å². The lowest BCUT2D eigenvalue weighted by molar-refractivity contribution is -0.184. The zero-order chi connectivity index (χ0) is 23.6. The molecule has 2 aliphatic rings. The Balaban J connectivity index is 1.78. The summed E-state index contributed by atoms with van der Waals surface area (Å²) in [7, 11) is 0. The van der Waals surface area contributed by atoms with Gasteiger partial charge in [-0.15, -0.1) is 0 Å². The molecular formula is C24H36ClN3O3S. The van der Waals surface area contributed by atoms with E-state index in [9.17, 15) is 9.59 Å². The summed E-state index contributed by atoms with van der Waals surface area (Å²) in [6.45, 7) is 10.2. The Labute approximate surface area is 202 Å². The first-order valence-corrected chi connectivity index (χ1v) is 12.4. The minimum atomic E-state index is -0.772. The van der Waals surface area contributed by atoms with Crippen LogP contribution in [-0.2, 0) is 14.3 Å². The summed E-state index contributed by atoms with van der Waals surface area (Å²) in [6, 6.07) is 7.51. The van der Waals surface area contributed by atoms with Crippen LogP contribution < -0.4 is 10.6 Å². The average Bonchev–Trinajstić information content (AvgIpc) is 2.71. The highest BCUT2D eigenvalue weighted by atomic mass is 35.5. The van der Waals surface area contributed by atoms with E-state index in [-0.39, 0.29) is 17.6 Å². The molecular weight excluding hydrogens is 446 g/mol. The van der Waals surface area contributed by atoms with Gasteiger partial charge in [-0.3, -0.25) is 9.59 Å². The fourth-order valence-corrected chi connectivity index (χ4v) is 5.63. The van der Waals surface area contributed by atoms with E-state index in [4.69, 9.17) is 16.3 Å². The second-order valence-corrected chi connectivity index (χ2v) is 11.1. The number of benzene rings is 1. The number of carbonyl (C=O) groups is 2. The molecule has 0 bridgehead atoms. The van der Waals surface area contributed by atoms with Crippen LogP contribution in [0.2, 0.25) is 5.02 Å². The van der Waals surface area contributed by atoms with Crippen molar-refractivity contribution in [2.75, 3.05) is 30.7 Å². The number of piperidine rings is 1. The second kappa shape index (κ2) is 9.82. The van der Waals surface area contributed by atoms with Crippen molar-refractivity contribution < 1.29 is 14.3 Å². The largest absolute Gasteiger partial charge is 0.371 e. The van der Waals surface area contributed by atoms with Gasteiger partial charge in [0, 0.05) is 43.2 Å². The average molecular weight is 482 g/mol. The number of halogens is 1. The molecule has 0 aliphatic carbocycles. The first kappa shape index (κ1) is 25.2. The molecule has 2 saturated heterocycles. The number of hydrogen-bond donors (Lipinski definition) is 3. The molecule has 2 amide bonds. The summed E-state index contributed by atoms with van der Waals surface area (Å²) < 4.78 is 6.31. The van der Waals surface area contributed by atoms with Crippen molar-refractivity contribution in [1.29, 1.82) is 0 Å². The van der Waals surface area contributed by atoms with Crippen LogP contribution in [-0.4, -0.2) is 58.8 Å². The number of thiol groups is 1. The Kier molecular flexibility index (Phi) is 7.73. The van der Waals surface area contributed by atoms with E-state index in [0.717, 1.165) is 18.5 Å². The molecule has 178 valence electrons. The van der Waals surface area contributed by atoms with Crippen molar-refractivity contribution in [1.82, 2.24) is 10.2 Å². The number of nitrogens with one attached hydrogen (secondary N) is 2. The van der Waals surface area contributed by atoms with E-state index >= 15 is 0 Å². The Morgan fingerprint density at radius 2 is 1.66 bits per heavy atom. The highest BCUT2D eigenvalue weighted by molar-refractivity contribution is 7.81. The maximum Gasteiger partial charge on any atom is 0.248 e. The Bertz CT molecular complexity index is 804. The topological polar surface area (TPSA) is 70.7 Å². The molecule has 2 N–H and O–H groups in total. The van der Waals surface area contributed by atoms with Gasteiger partial charge in [-0.25, -0.2) is 0 Å². The van der Waals surface area contributed by atoms with E-state index in [1.54, 1.807) is 0 Å². The van der Waals surface area contributed by atoms with Gasteiger partial charge in [0.25, 0.3) is 0 Å². The molecule has 2 aliphatic heterocycles. The van der Waals surface area contributed by atoms with Gasteiger partial charge in [0.15, 0.2) is 0 Å². The van der Waals surface area contributed by atoms with Gasteiger partial charge in [0.05, 0.1) is 17.0 Å².